The summed E-state index contributed by atoms with van der Waals surface area (Å²) in [5, 5.41) is 10.7. The Morgan fingerprint density at radius 2 is 1.20 bits per heavy atom. The van der Waals surface area contributed by atoms with Gasteiger partial charge < -0.3 is 10.2 Å². The van der Waals surface area contributed by atoms with Crippen LogP contribution in [0.15, 0.2) is 157 Å². The molecule has 1 aliphatic carbocycles. The Balaban J connectivity index is 0.000000464. The van der Waals surface area contributed by atoms with Gasteiger partial charge in [0, 0.05) is 27.8 Å². The highest BCUT2D eigenvalue weighted by Gasteiger charge is 2.72. The predicted octanol–water partition coefficient (Wildman–Crippen LogP) is 11.4. The van der Waals surface area contributed by atoms with Crippen molar-refractivity contribution in [3.63, 3.8) is 0 Å². The molecule has 49 heavy (non-hydrogen) atoms. The second kappa shape index (κ2) is 11.0. The number of nitrogens with zero attached hydrogens (tertiary/aromatic N) is 4. The van der Waals surface area contributed by atoms with Gasteiger partial charge >= 0.3 is 0 Å². The average molecular weight is 650 g/mol. The molecule has 2 aliphatic heterocycles. The number of benzene rings is 6. The zero-order valence-corrected chi connectivity index (χ0v) is 27.6. The minimum Gasteiger partial charge on any atom is -0.350 e. The van der Waals surface area contributed by atoms with Gasteiger partial charge in [-0.15, -0.1) is 0 Å². The van der Waals surface area contributed by atoms with Crippen molar-refractivity contribution in [2.45, 2.75) is 19.0 Å². The molecule has 1 N–H and O–H groups in total. The van der Waals surface area contributed by atoms with E-state index in [-0.39, 0.29) is 0 Å². The first kappa shape index (κ1) is 28.1. The van der Waals surface area contributed by atoms with E-state index in [9.17, 15) is 0 Å². The lowest BCUT2D eigenvalue weighted by Crippen LogP contribution is -2.14. The summed E-state index contributed by atoms with van der Waals surface area (Å²) < 4.78 is 0. The van der Waals surface area contributed by atoms with Crippen molar-refractivity contribution in [3.8, 4) is 0 Å². The maximum absolute atomic E-state index is 5.47. The van der Waals surface area contributed by atoms with Gasteiger partial charge in [0.05, 0.1) is 23.1 Å². The van der Waals surface area contributed by atoms with Gasteiger partial charge in [0.15, 0.2) is 0 Å². The number of thiophene rings is 1. The smallest absolute Gasteiger partial charge is 0.131 e. The van der Waals surface area contributed by atoms with Crippen molar-refractivity contribution in [2.75, 3.05) is 10.2 Å². The fraction of sp³-hybridized carbons (Fsp3) is 0.0698. The lowest BCUT2D eigenvalue weighted by Gasteiger charge is -2.25. The molecular weight excluding hydrogens is 619 g/mol. The van der Waals surface area contributed by atoms with E-state index in [1.165, 1.54) is 32.8 Å². The summed E-state index contributed by atoms with van der Waals surface area (Å²) >= 11 is 1.72. The molecule has 234 valence electrons. The molecule has 2 unspecified atom stereocenters. The highest BCUT2D eigenvalue weighted by Crippen LogP contribution is 2.70. The van der Waals surface area contributed by atoms with Gasteiger partial charge in [0.2, 0.25) is 0 Å². The summed E-state index contributed by atoms with van der Waals surface area (Å²) in [5.41, 5.74) is 10.0. The predicted molar refractivity (Wildman–Crippen MR) is 204 cm³/mol. The SMILES string of the molecule is CC1=C2C3C(c4nc5c(N(c6ccccc6)c6cccc7ccccc67)sc(Nc6cccc7ccccc67)c5nc41)N23.c1ccccc1. The molecular formula is C43H31N5S. The van der Waals surface area contributed by atoms with Crippen molar-refractivity contribution in [2.24, 2.45) is 0 Å². The van der Waals surface area contributed by atoms with E-state index < -0.39 is 0 Å². The third kappa shape index (κ3) is 4.52. The number of rotatable bonds is 5. The third-order valence-corrected chi connectivity index (χ3v) is 10.9. The van der Waals surface area contributed by atoms with E-state index in [0.29, 0.717) is 12.1 Å². The van der Waals surface area contributed by atoms with Crippen molar-refractivity contribution in [1.82, 2.24) is 14.9 Å². The first-order chi connectivity index (χ1) is 24.3. The van der Waals surface area contributed by atoms with E-state index in [0.717, 1.165) is 49.5 Å². The number of fused-ring (bicyclic) bond motifs is 7. The van der Waals surface area contributed by atoms with E-state index in [4.69, 9.17) is 9.97 Å². The molecule has 2 aromatic heterocycles. The molecule has 3 aliphatic rings. The first-order valence-electron chi connectivity index (χ1n) is 16.7. The van der Waals surface area contributed by atoms with Crippen LogP contribution in [0, 0.1) is 0 Å². The van der Waals surface area contributed by atoms with Crippen LogP contribution < -0.4 is 10.2 Å². The lowest BCUT2D eigenvalue weighted by atomic mass is 9.97. The molecule has 0 amide bonds. The fourth-order valence-electron chi connectivity index (χ4n) is 7.35. The van der Waals surface area contributed by atoms with Crippen LogP contribution in [0.1, 0.15) is 24.4 Å². The summed E-state index contributed by atoms with van der Waals surface area (Å²) in [5.74, 6) is 0. The zero-order chi connectivity index (χ0) is 32.5. The summed E-state index contributed by atoms with van der Waals surface area (Å²) in [6.07, 6.45) is 0. The molecule has 11 rings (SSSR count). The molecule has 6 aromatic carbocycles. The minimum atomic E-state index is 0.385. The number of anilines is 5. The van der Waals surface area contributed by atoms with E-state index in [1.807, 2.05) is 36.4 Å². The highest BCUT2D eigenvalue weighted by atomic mass is 32.1. The molecule has 8 aromatic rings. The van der Waals surface area contributed by atoms with Crippen molar-refractivity contribution >= 4 is 76.6 Å². The third-order valence-electron chi connectivity index (χ3n) is 9.79. The Bertz CT molecular complexity index is 2530. The summed E-state index contributed by atoms with van der Waals surface area (Å²) in [6, 6.07) is 53.7. The Labute approximate surface area is 288 Å². The Kier molecular flexibility index (Phi) is 6.33. The zero-order valence-electron chi connectivity index (χ0n) is 26.8. The van der Waals surface area contributed by atoms with Crippen LogP contribution >= 0.6 is 11.3 Å². The van der Waals surface area contributed by atoms with Crippen LogP contribution in [-0.4, -0.2) is 20.9 Å². The van der Waals surface area contributed by atoms with Gasteiger partial charge in [-0.1, -0.05) is 139 Å². The van der Waals surface area contributed by atoms with Crippen LogP contribution in [0.4, 0.5) is 27.1 Å². The van der Waals surface area contributed by atoms with Crippen LogP contribution in [-0.2, 0) is 0 Å². The molecule has 0 saturated carbocycles. The number of nitrogens with one attached hydrogen (secondary N) is 1. The molecule has 6 heteroatoms. The minimum absolute atomic E-state index is 0.385. The van der Waals surface area contributed by atoms with Gasteiger partial charge in [0.25, 0.3) is 0 Å². The molecule has 5 nitrogen and oxygen atoms in total. The average Bonchev–Trinajstić information content (AvgIpc) is 4.07. The topological polar surface area (TPSA) is 44.1 Å². The standard InChI is InChI=1S/C37H25N5S.C6H6/c1-21-29-30(34-35-33(21)42(34)35)40-32-31(39-29)36(38-27-19-9-13-22-11-5-7-17-25(22)27)43-37(32)41(24-15-3-2-4-16-24)28-20-10-14-23-12-6-8-18-26(23)28;1-2-4-6-5-3-1/h2-20,34-35,38H,1H3;1-6H. The van der Waals surface area contributed by atoms with Crippen LogP contribution in [0.25, 0.3) is 38.2 Å². The van der Waals surface area contributed by atoms with E-state index >= 15 is 0 Å². The Hall–Kier alpha value is -5.98. The van der Waals surface area contributed by atoms with Crippen molar-refractivity contribution in [3.05, 3.63) is 169 Å². The number of hydrogen-bond donors (Lipinski definition) is 1. The fourth-order valence-corrected chi connectivity index (χ4v) is 8.48. The maximum atomic E-state index is 5.47. The number of hydrogen-bond acceptors (Lipinski definition) is 6. The Morgan fingerprint density at radius 1 is 0.612 bits per heavy atom. The first-order valence-corrected chi connectivity index (χ1v) is 17.5. The number of aromatic nitrogens is 2. The highest BCUT2D eigenvalue weighted by molar-refractivity contribution is 7.22. The Morgan fingerprint density at radius 3 is 1.94 bits per heavy atom. The van der Waals surface area contributed by atoms with E-state index in [2.05, 4.69) is 137 Å². The van der Waals surface area contributed by atoms with Crippen LogP contribution in [0.2, 0.25) is 0 Å². The molecule has 2 saturated heterocycles. The van der Waals surface area contributed by atoms with E-state index in [1.54, 1.807) is 11.3 Å². The molecule has 4 heterocycles. The summed E-state index contributed by atoms with van der Waals surface area (Å²) in [4.78, 5) is 15.7. The monoisotopic (exact) mass is 649 g/mol. The molecule has 0 radical (unpaired) electrons. The van der Waals surface area contributed by atoms with Gasteiger partial charge in [-0.05, 0) is 47.5 Å². The van der Waals surface area contributed by atoms with Gasteiger partial charge in [-0.25, -0.2) is 9.97 Å². The largest absolute Gasteiger partial charge is 0.350 e. The van der Waals surface area contributed by atoms with Gasteiger partial charge in [-0.3, -0.25) is 4.90 Å². The molecule has 2 atom stereocenters. The van der Waals surface area contributed by atoms with Crippen LogP contribution in [0.3, 0.4) is 0 Å². The summed E-state index contributed by atoms with van der Waals surface area (Å²) in [6.45, 7) is 2.20. The second-order valence-electron chi connectivity index (χ2n) is 12.7. The van der Waals surface area contributed by atoms with Gasteiger partial charge in [0.1, 0.15) is 27.1 Å². The van der Waals surface area contributed by atoms with Crippen molar-refractivity contribution in [1.29, 1.82) is 0 Å². The maximum Gasteiger partial charge on any atom is 0.131 e. The summed E-state index contributed by atoms with van der Waals surface area (Å²) in [7, 11) is 0. The van der Waals surface area contributed by atoms with Crippen LogP contribution in [0.5, 0.6) is 0 Å². The number of allylic oxidation sites excluding steroid dienone is 1. The molecule has 0 spiro atoms. The molecule has 0 bridgehead atoms. The second-order valence-corrected chi connectivity index (χ2v) is 13.7. The van der Waals surface area contributed by atoms with Crippen molar-refractivity contribution < 1.29 is 0 Å². The van der Waals surface area contributed by atoms with Gasteiger partial charge in [-0.2, -0.15) is 0 Å². The lowest BCUT2D eigenvalue weighted by molar-refractivity contribution is 0.689. The number of para-hydroxylation sites is 1. The molecule has 2 fully saturated rings. The quantitative estimate of drug-likeness (QED) is 0.188. The normalized spacial score (nSPS) is 16.6.